The number of phenolic OH excluding ortho intramolecular Hbond substituents is 1. The molecule has 6 atom stereocenters. The third-order valence-corrected chi connectivity index (χ3v) is 12.0. The maximum absolute atomic E-state index is 15.2. The minimum atomic E-state index is -2.71. The van der Waals surface area contributed by atoms with Crippen LogP contribution in [0.4, 0.5) is 33.3 Å². The summed E-state index contributed by atoms with van der Waals surface area (Å²) < 4.78 is 78.5. The first-order valence-corrected chi connectivity index (χ1v) is 16.1. The molecule has 1 saturated carbocycles. The van der Waals surface area contributed by atoms with Crippen LogP contribution in [0, 0.1) is 53.8 Å². The van der Waals surface area contributed by atoms with Crippen molar-refractivity contribution in [3.8, 4) is 11.5 Å². The van der Waals surface area contributed by atoms with Crippen molar-refractivity contribution in [3.63, 3.8) is 0 Å². The molecule has 7 rings (SSSR count). The molecule has 0 aromatic heterocycles. The van der Waals surface area contributed by atoms with Crippen LogP contribution in [0.15, 0.2) is 48.0 Å². The molecule has 2 saturated heterocycles. The number of fused-ring (bicyclic) bond motifs is 4. The summed E-state index contributed by atoms with van der Waals surface area (Å²) in [5.41, 5.74) is -0.694. The molecule has 0 radical (unpaired) electrons. The highest BCUT2D eigenvalue weighted by atomic mass is 35.5. The number of benzene rings is 3. The number of aryl methyl sites for hydroxylation is 1. The number of rotatable bonds is 4. The number of methoxy groups -OCH3 is 1. The van der Waals surface area contributed by atoms with E-state index < -0.39 is 98.2 Å². The average Bonchev–Trinajstić information content (AvgIpc) is 3.42. The maximum atomic E-state index is 15.2. The second-order valence-electron chi connectivity index (χ2n) is 12.6. The molecule has 8 nitrogen and oxygen atoms in total. The highest BCUT2D eigenvalue weighted by Gasteiger charge is 2.77. The van der Waals surface area contributed by atoms with E-state index in [2.05, 4.69) is 0 Å². The summed E-state index contributed by atoms with van der Waals surface area (Å²) in [7, 11) is 1.22. The number of hydrogen-bond acceptors (Lipinski definition) is 6. The summed E-state index contributed by atoms with van der Waals surface area (Å²) in [5.74, 6) is -22.1. The molecule has 2 aliphatic heterocycles. The van der Waals surface area contributed by atoms with Gasteiger partial charge in [-0.15, -0.1) is 23.2 Å². The molecule has 260 valence electrons. The number of phenols is 1. The van der Waals surface area contributed by atoms with Crippen LogP contribution >= 0.6 is 34.8 Å². The zero-order chi connectivity index (χ0) is 36.4. The minimum absolute atomic E-state index is 0.0470. The van der Waals surface area contributed by atoms with Gasteiger partial charge in [0, 0.05) is 10.9 Å². The van der Waals surface area contributed by atoms with Crippen molar-refractivity contribution in [1.29, 1.82) is 0 Å². The molecule has 3 aromatic rings. The van der Waals surface area contributed by atoms with Gasteiger partial charge in [0.05, 0.1) is 24.6 Å². The molecule has 1 N–H and O–H groups in total. The first-order chi connectivity index (χ1) is 23.5. The van der Waals surface area contributed by atoms with Crippen molar-refractivity contribution in [1.82, 2.24) is 0 Å². The molecular formula is C34H22Cl3F5N2O6. The smallest absolute Gasteiger partial charge is 0.258 e. The van der Waals surface area contributed by atoms with Gasteiger partial charge in [-0.25, -0.2) is 31.8 Å². The fourth-order valence-electron chi connectivity index (χ4n) is 7.79. The summed E-state index contributed by atoms with van der Waals surface area (Å²) in [6.45, 7) is 1.73. The van der Waals surface area contributed by atoms with Crippen molar-refractivity contribution < 1.29 is 51.0 Å². The van der Waals surface area contributed by atoms with Crippen molar-refractivity contribution in [2.24, 2.45) is 17.8 Å². The number of hydrogen-bond donors (Lipinski definition) is 1. The Hall–Kier alpha value is -4.20. The van der Waals surface area contributed by atoms with Crippen LogP contribution in [0.2, 0.25) is 5.02 Å². The molecule has 4 aliphatic rings. The molecule has 16 heteroatoms. The molecule has 2 aliphatic carbocycles. The predicted molar refractivity (Wildman–Crippen MR) is 170 cm³/mol. The second-order valence-corrected chi connectivity index (χ2v) is 14.2. The Kier molecular flexibility index (Phi) is 7.82. The number of anilines is 2. The van der Waals surface area contributed by atoms with Crippen LogP contribution < -0.4 is 14.5 Å². The normalized spacial score (nSPS) is 28.9. The lowest BCUT2D eigenvalue weighted by atomic mass is 9.56. The van der Waals surface area contributed by atoms with Gasteiger partial charge in [0.2, 0.25) is 17.6 Å². The van der Waals surface area contributed by atoms with Gasteiger partial charge < -0.3 is 9.84 Å². The van der Waals surface area contributed by atoms with Gasteiger partial charge in [-0.05, 0) is 61.1 Å². The fraction of sp³-hybridized carbons (Fsp3) is 0.294. The highest BCUT2D eigenvalue weighted by molar-refractivity contribution is 6.58. The number of allylic oxidation sites excluding steroid dienone is 2. The number of alkyl halides is 2. The first-order valence-electron chi connectivity index (χ1n) is 15.0. The van der Waals surface area contributed by atoms with E-state index in [1.54, 1.807) is 19.1 Å². The Labute approximate surface area is 294 Å². The van der Waals surface area contributed by atoms with Crippen LogP contribution in [0.25, 0.3) is 0 Å². The molecule has 0 spiro atoms. The Morgan fingerprint density at radius 3 is 2.10 bits per heavy atom. The second kappa shape index (κ2) is 11.4. The molecule has 2 heterocycles. The SMILES string of the molecule is COc1cc([C@H]2C3=CC[C@@H]4C(=O)N(c5ccc(C)c(Cl)c5)C(=O)[C@@H]4[C@@H]3C[C@@]3(Cl)C(=O)N(c4c(F)c(F)c(F)c(F)c4F)C(=O)[C@@]23Cl)ccc1O. The number of imide groups is 2. The van der Waals surface area contributed by atoms with E-state index in [-0.39, 0.29) is 44.7 Å². The summed E-state index contributed by atoms with van der Waals surface area (Å²) in [6.07, 6.45) is 0.857. The molecule has 0 unspecified atom stereocenters. The van der Waals surface area contributed by atoms with Gasteiger partial charge >= 0.3 is 0 Å². The van der Waals surface area contributed by atoms with E-state index >= 15 is 8.78 Å². The van der Waals surface area contributed by atoms with E-state index in [0.29, 0.717) is 5.56 Å². The van der Waals surface area contributed by atoms with E-state index in [1.165, 1.54) is 37.4 Å². The number of aromatic hydroxyl groups is 1. The minimum Gasteiger partial charge on any atom is -0.504 e. The van der Waals surface area contributed by atoms with Crippen LogP contribution in [0.5, 0.6) is 11.5 Å². The molecule has 3 fully saturated rings. The summed E-state index contributed by atoms with van der Waals surface area (Å²) >= 11 is 20.5. The van der Waals surface area contributed by atoms with Crippen LogP contribution in [-0.2, 0) is 19.2 Å². The molecule has 50 heavy (non-hydrogen) atoms. The van der Waals surface area contributed by atoms with Crippen molar-refractivity contribution in [3.05, 3.63) is 93.3 Å². The van der Waals surface area contributed by atoms with Gasteiger partial charge in [0.1, 0.15) is 5.69 Å². The number of amides is 4. The Morgan fingerprint density at radius 2 is 1.48 bits per heavy atom. The molecule has 3 aromatic carbocycles. The third kappa shape index (κ3) is 4.29. The van der Waals surface area contributed by atoms with E-state index in [0.717, 1.165) is 4.90 Å². The lowest BCUT2D eigenvalue weighted by Crippen LogP contribution is -2.60. The molecule has 4 amide bonds. The first kappa shape index (κ1) is 34.3. The largest absolute Gasteiger partial charge is 0.504 e. The number of carbonyl (C=O) groups excluding carboxylic acids is 4. The van der Waals surface area contributed by atoms with Crippen LogP contribution in [0.3, 0.4) is 0 Å². The molecular weight excluding hydrogens is 734 g/mol. The Balaban J connectivity index is 1.44. The van der Waals surface area contributed by atoms with Gasteiger partial charge in [-0.1, -0.05) is 35.4 Å². The van der Waals surface area contributed by atoms with E-state index in [9.17, 15) is 37.5 Å². The van der Waals surface area contributed by atoms with Gasteiger partial charge in [-0.2, -0.15) is 0 Å². The van der Waals surface area contributed by atoms with Gasteiger partial charge in [-0.3, -0.25) is 19.2 Å². The standard InChI is InChI=1S/C34H22Cl3F5N2O6/c1-12-3-5-14(10-18(12)35)43-29(46)16-7-6-15-17(21(16)30(43)47)11-33(36)31(48)44(28-26(41)24(39)23(38)25(40)27(28)42)32(49)34(33,37)22(15)13-4-8-19(45)20(9-13)50-2/h3-6,8-10,16-17,21-22,45H,7,11H2,1-2H3/t16-,17+,21-,22-,33+,34-/m0/s1. The summed E-state index contributed by atoms with van der Waals surface area (Å²) in [5, 5.41) is 10.6. The van der Waals surface area contributed by atoms with Crippen molar-refractivity contribution in [2.75, 3.05) is 16.9 Å². The quantitative estimate of drug-likeness (QED) is 0.0783. The van der Waals surface area contributed by atoms with Crippen LogP contribution in [-0.4, -0.2) is 45.6 Å². The number of carbonyl (C=O) groups is 4. The summed E-state index contributed by atoms with van der Waals surface area (Å²) in [6, 6.07) is 8.33. The fourth-order valence-corrected chi connectivity index (χ4v) is 8.90. The third-order valence-electron chi connectivity index (χ3n) is 10.2. The highest BCUT2D eigenvalue weighted by Crippen LogP contribution is 2.66. The zero-order valence-electron chi connectivity index (χ0n) is 25.7. The number of ether oxygens (including phenoxy) is 1. The molecule has 0 bridgehead atoms. The van der Waals surface area contributed by atoms with Crippen molar-refractivity contribution in [2.45, 2.75) is 35.4 Å². The van der Waals surface area contributed by atoms with Gasteiger partial charge in [0.25, 0.3) is 11.8 Å². The van der Waals surface area contributed by atoms with E-state index in [1.807, 2.05) is 0 Å². The topological polar surface area (TPSA) is 104 Å². The van der Waals surface area contributed by atoms with E-state index in [4.69, 9.17) is 39.5 Å². The van der Waals surface area contributed by atoms with Crippen LogP contribution in [0.1, 0.15) is 29.9 Å². The predicted octanol–water partition coefficient (Wildman–Crippen LogP) is 6.83. The lowest BCUT2D eigenvalue weighted by Gasteiger charge is -2.50. The Morgan fingerprint density at radius 1 is 0.840 bits per heavy atom. The monoisotopic (exact) mass is 754 g/mol. The average molecular weight is 756 g/mol. The summed E-state index contributed by atoms with van der Waals surface area (Å²) in [4.78, 5) is 52.0. The Bertz CT molecular complexity index is 2100. The lowest BCUT2D eigenvalue weighted by molar-refractivity contribution is -0.125. The van der Waals surface area contributed by atoms with Gasteiger partial charge in [0.15, 0.2) is 44.5 Å². The number of nitrogens with zero attached hydrogens (tertiary/aromatic N) is 2. The zero-order valence-corrected chi connectivity index (χ0v) is 27.9. The maximum Gasteiger partial charge on any atom is 0.258 e. The number of halogens is 8. The van der Waals surface area contributed by atoms with Crippen molar-refractivity contribution >= 4 is 69.8 Å².